The molecule has 0 unspecified atom stereocenters. The Kier molecular flexibility index (Phi) is 5.83. The number of aromatic amines is 1. The first-order chi connectivity index (χ1) is 19.4. The van der Waals surface area contributed by atoms with Crippen molar-refractivity contribution in [3.63, 3.8) is 0 Å². The second-order valence-electron chi connectivity index (χ2n) is 10.8. The van der Waals surface area contributed by atoms with Crippen molar-refractivity contribution in [2.24, 2.45) is 5.73 Å². The summed E-state index contributed by atoms with van der Waals surface area (Å²) in [7, 11) is 0. The molecule has 0 saturated carbocycles. The molecule has 41 heavy (non-hydrogen) atoms. The van der Waals surface area contributed by atoms with Crippen LogP contribution in [0.5, 0.6) is 0 Å². The maximum atomic E-state index is 16.0. The minimum atomic E-state index is -1.15. The van der Waals surface area contributed by atoms with Crippen molar-refractivity contribution in [3.05, 3.63) is 100 Å². The molecule has 0 radical (unpaired) electrons. The third-order valence-electron chi connectivity index (χ3n) is 7.74. The molecule has 0 aliphatic carbocycles. The fourth-order valence-corrected chi connectivity index (χ4v) is 5.67. The van der Waals surface area contributed by atoms with Gasteiger partial charge in [0.1, 0.15) is 11.6 Å². The Hall–Kier alpha value is -4.89. The lowest BCUT2D eigenvalue weighted by Gasteiger charge is -2.29. The van der Waals surface area contributed by atoms with Crippen molar-refractivity contribution in [2.75, 3.05) is 4.90 Å². The van der Waals surface area contributed by atoms with E-state index < -0.39 is 35.0 Å². The van der Waals surface area contributed by atoms with Crippen LogP contribution in [0.3, 0.4) is 0 Å². The van der Waals surface area contributed by atoms with Gasteiger partial charge in [-0.05, 0) is 67.8 Å². The summed E-state index contributed by atoms with van der Waals surface area (Å²) in [6.45, 7) is 4.95. The number of amides is 3. The van der Waals surface area contributed by atoms with E-state index in [0.29, 0.717) is 38.5 Å². The molecule has 1 aliphatic heterocycles. The lowest BCUT2D eigenvalue weighted by Crippen LogP contribution is -2.43. The monoisotopic (exact) mass is 553 g/mol. The SMILES string of the molecule is Cc1c(-c2c(F)cc(C(N)=O)c3[nH]c4cc(C(C)(C)O)ccc4c23)cccc1N1C(=O)Cc2c(F)cccc2C1=O. The van der Waals surface area contributed by atoms with Gasteiger partial charge in [0.2, 0.25) is 5.91 Å². The number of fused-ring (bicyclic) bond motifs is 4. The molecule has 0 bridgehead atoms. The lowest BCUT2D eigenvalue weighted by atomic mass is 9.91. The van der Waals surface area contributed by atoms with Crippen LogP contribution in [0.2, 0.25) is 0 Å². The zero-order valence-corrected chi connectivity index (χ0v) is 22.4. The van der Waals surface area contributed by atoms with E-state index >= 15 is 4.39 Å². The molecule has 1 aromatic heterocycles. The van der Waals surface area contributed by atoms with Crippen LogP contribution in [0.4, 0.5) is 14.5 Å². The summed E-state index contributed by atoms with van der Waals surface area (Å²) >= 11 is 0. The summed E-state index contributed by atoms with van der Waals surface area (Å²) < 4.78 is 30.4. The van der Waals surface area contributed by atoms with Gasteiger partial charge in [-0.1, -0.05) is 30.3 Å². The molecule has 206 valence electrons. The first-order valence-corrected chi connectivity index (χ1v) is 12.9. The number of hydrogen-bond acceptors (Lipinski definition) is 4. The van der Waals surface area contributed by atoms with E-state index in [1.54, 1.807) is 57.2 Å². The number of primary amides is 1. The molecular formula is C32H25F2N3O4. The van der Waals surface area contributed by atoms with Crippen LogP contribution in [0.25, 0.3) is 32.9 Å². The zero-order valence-electron chi connectivity index (χ0n) is 22.4. The average Bonchev–Trinajstić information content (AvgIpc) is 3.28. The minimum Gasteiger partial charge on any atom is -0.386 e. The number of H-pyrrole nitrogens is 1. The molecule has 4 N–H and O–H groups in total. The van der Waals surface area contributed by atoms with Gasteiger partial charge in [0.05, 0.1) is 28.8 Å². The van der Waals surface area contributed by atoms with Crippen molar-refractivity contribution in [3.8, 4) is 11.1 Å². The van der Waals surface area contributed by atoms with Crippen LogP contribution in [0.15, 0.2) is 60.7 Å². The van der Waals surface area contributed by atoms with Gasteiger partial charge in [-0.25, -0.2) is 13.7 Å². The summed E-state index contributed by atoms with van der Waals surface area (Å²) in [5.41, 5.74) is 7.25. The fraction of sp³-hybridized carbons (Fsp3) is 0.156. The van der Waals surface area contributed by atoms with Gasteiger partial charge in [-0.2, -0.15) is 0 Å². The maximum absolute atomic E-state index is 16.0. The number of nitrogens with zero attached hydrogens (tertiary/aromatic N) is 1. The highest BCUT2D eigenvalue weighted by Gasteiger charge is 2.35. The van der Waals surface area contributed by atoms with Gasteiger partial charge >= 0.3 is 0 Å². The molecule has 0 atom stereocenters. The molecule has 4 aromatic carbocycles. The summed E-state index contributed by atoms with van der Waals surface area (Å²) in [5.74, 6) is -3.44. The van der Waals surface area contributed by atoms with Crippen LogP contribution in [-0.2, 0) is 16.8 Å². The lowest BCUT2D eigenvalue weighted by molar-refractivity contribution is -0.117. The van der Waals surface area contributed by atoms with Crippen LogP contribution >= 0.6 is 0 Å². The smallest absolute Gasteiger partial charge is 0.265 e. The number of aliphatic hydroxyl groups is 1. The van der Waals surface area contributed by atoms with E-state index in [2.05, 4.69) is 4.98 Å². The number of carbonyl (C=O) groups is 3. The van der Waals surface area contributed by atoms with E-state index in [4.69, 9.17) is 5.73 Å². The number of anilines is 1. The van der Waals surface area contributed by atoms with E-state index in [1.165, 1.54) is 18.2 Å². The highest BCUT2D eigenvalue weighted by Crippen LogP contribution is 2.42. The average molecular weight is 554 g/mol. The molecule has 9 heteroatoms. The first kappa shape index (κ1) is 26.3. The Balaban J connectivity index is 1.61. The van der Waals surface area contributed by atoms with Crippen LogP contribution < -0.4 is 10.6 Å². The standard InChI is InChI=1S/C32H25F2N3O4/c1-15-17(6-5-9-25(15)37-26(38)14-20-18(31(37)40)7-4-8-22(20)33)27-23(34)13-21(30(35)39)29-28(27)19-11-10-16(32(2,3)41)12-24(19)36-29/h4-13,36,41H,14H2,1-3H3,(H2,35,39). The van der Waals surface area contributed by atoms with Gasteiger partial charge in [-0.15, -0.1) is 0 Å². The van der Waals surface area contributed by atoms with Crippen molar-refractivity contribution in [2.45, 2.75) is 32.8 Å². The number of aromatic nitrogens is 1. The Labute approximate surface area is 233 Å². The molecule has 0 fully saturated rings. The van der Waals surface area contributed by atoms with Crippen molar-refractivity contribution >= 4 is 45.2 Å². The molecule has 6 rings (SSSR count). The molecule has 5 aromatic rings. The Bertz CT molecular complexity index is 1970. The number of hydrogen-bond donors (Lipinski definition) is 3. The predicted molar refractivity (Wildman–Crippen MR) is 152 cm³/mol. The molecule has 1 aliphatic rings. The number of carbonyl (C=O) groups excluding carboxylic acids is 3. The van der Waals surface area contributed by atoms with Gasteiger partial charge < -0.3 is 15.8 Å². The van der Waals surface area contributed by atoms with Crippen LogP contribution in [0, 0.1) is 18.6 Å². The van der Waals surface area contributed by atoms with Gasteiger partial charge in [0.15, 0.2) is 0 Å². The molecule has 3 amide bonds. The number of imide groups is 1. The third-order valence-corrected chi connectivity index (χ3v) is 7.74. The van der Waals surface area contributed by atoms with E-state index in [9.17, 15) is 23.9 Å². The third kappa shape index (κ3) is 4.00. The molecule has 7 nitrogen and oxygen atoms in total. The molecule has 0 spiro atoms. The van der Waals surface area contributed by atoms with Crippen LogP contribution in [0.1, 0.15) is 51.3 Å². The molecule has 0 saturated heterocycles. The van der Waals surface area contributed by atoms with E-state index in [0.717, 1.165) is 11.0 Å². The van der Waals surface area contributed by atoms with Crippen molar-refractivity contribution in [1.82, 2.24) is 4.98 Å². The van der Waals surface area contributed by atoms with E-state index in [1.807, 2.05) is 0 Å². The molecule has 2 heterocycles. The van der Waals surface area contributed by atoms with Gasteiger partial charge in [0.25, 0.3) is 11.8 Å². The summed E-state index contributed by atoms with van der Waals surface area (Å²) in [5, 5.41) is 11.5. The van der Waals surface area contributed by atoms with Gasteiger partial charge in [-0.3, -0.25) is 14.4 Å². The topological polar surface area (TPSA) is 116 Å². The number of rotatable bonds is 4. The highest BCUT2D eigenvalue weighted by molar-refractivity contribution is 6.26. The maximum Gasteiger partial charge on any atom is 0.265 e. The minimum absolute atomic E-state index is 0.0453. The summed E-state index contributed by atoms with van der Waals surface area (Å²) in [6.07, 6.45) is -0.296. The quantitative estimate of drug-likeness (QED) is 0.250. The van der Waals surface area contributed by atoms with E-state index in [-0.39, 0.29) is 34.4 Å². The number of halogens is 2. The van der Waals surface area contributed by atoms with Gasteiger partial charge in [0, 0.05) is 33.0 Å². The van der Waals surface area contributed by atoms with Crippen molar-refractivity contribution in [1.29, 1.82) is 0 Å². The largest absolute Gasteiger partial charge is 0.386 e. The van der Waals surface area contributed by atoms with Crippen molar-refractivity contribution < 1.29 is 28.3 Å². The zero-order chi connectivity index (χ0) is 29.4. The Morgan fingerprint density at radius 2 is 1.71 bits per heavy atom. The highest BCUT2D eigenvalue weighted by atomic mass is 19.1. The predicted octanol–water partition coefficient (Wildman–Crippen LogP) is 5.63. The Morgan fingerprint density at radius 3 is 2.41 bits per heavy atom. The number of nitrogens with one attached hydrogen (secondary N) is 1. The summed E-state index contributed by atoms with van der Waals surface area (Å²) in [6, 6.07) is 15.2. The summed E-state index contributed by atoms with van der Waals surface area (Å²) in [4.78, 5) is 43.1. The number of nitrogens with two attached hydrogens (primary N) is 1. The number of benzene rings is 4. The second-order valence-corrected chi connectivity index (χ2v) is 10.8. The normalized spacial score (nSPS) is 13.8. The first-order valence-electron chi connectivity index (χ1n) is 12.9. The second kappa shape index (κ2) is 9.07. The molecular weight excluding hydrogens is 528 g/mol. The Morgan fingerprint density at radius 1 is 1.00 bits per heavy atom. The fourth-order valence-electron chi connectivity index (χ4n) is 5.67. The van der Waals surface area contributed by atoms with Crippen LogP contribution in [-0.4, -0.2) is 27.8 Å².